The highest BCUT2D eigenvalue weighted by molar-refractivity contribution is 7.91. The summed E-state index contributed by atoms with van der Waals surface area (Å²) in [7, 11) is -2.75. The minimum atomic E-state index is -2.75. The molecule has 0 N–H and O–H groups in total. The summed E-state index contributed by atoms with van der Waals surface area (Å²) >= 11 is 0. The molecule has 2 unspecified atom stereocenters. The Hall–Kier alpha value is -0.380. The third kappa shape index (κ3) is 1.85. The van der Waals surface area contributed by atoms with Crippen LogP contribution in [0.3, 0.4) is 0 Å². The number of hydrogen-bond acceptors (Lipinski definition) is 3. The van der Waals surface area contributed by atoms with E-state index in [1.807, 2.05) is 0 Å². The molecule has 3 nitrogen and oxygen atoms in total. The fraction of sp³-hybridized carbons (Fsp3) is 0.900. The molecule has 2 fully saturated rings. The van der Waals surface area contributed by atoms with Gasteiger partial charge in [-0.2, -0.15) is 0 Å². The lowest BCUT2D eigenvalue weighted by Crippen LogP contribution is -2.08. The van der Waals surface area contributed by atoms with Gasteiger partial charge in [0.1, 0.15) is 5.78 Å². The van der Waals surface area contributed by atoms with E-state index in [1.54, 1.807) is 6.92 Å². The predicted molar refractivity (Wildman–Crippen MR) is 53.7 cm³/mol. The Kier molecular flexibility index (Phi) is 2.21. The zero-order valence-electron chi connectivity index (χ0n) is 8.45. The van der Waals surface area contributed by atoms with Gasteiger partial charge in [-0.15, -0.1) is 0 Å². The second kappa shape index (κ2) is 3.05. The Bertz CT molecular complexity index is 358. The first-order valence-corrected chi connectivity index (χ1v) is 6.96. The van der Waals surface area contributed by atoms with E-state index in [0.717, 1.165) is 19.3 Å². The molecule has 1 heterocycles. The van der Waals surface area contributed by atoms with Gasteiger partial charge >= 0.3 is 0 Å². The largest absolute Gasteiger partial charge is 0.300 e. The lowest BCUT2D eigenvalue weighted by molar-refractivity contribution is -0.117. The fourth-order valence-corrected chi connectivity index (χ4v) is 4.88. The molecular weight excluding hydrogens is 200 g/mol. The van der Waals surface area contributed by atoms with Gasteiger partial charge in [-0.05, 0) is 37.5 Å². The van der Waals surface area contributed by atoms with Crippen LogP contribution in [0.4, 0.5) is 0 Å². The zero-order chi connectivity index (χ0) is 10.4. The average Bonchev–Trinajstić information content (AvgIpc) is 2.61. The van der Waals surface area contributed by atoms with Crippen LogP contribution in [0.25, 0.3) is 0 Å². The Morgan fingerprint density at radius 2 is 2.21 bits per heavy atom. The van der Waals surface area contributed by atoms with Crippen molar-refractivity contribution in [1.29, 1.82) is 0 Å². The van der Waals surface area contributed by atoms with E-state index in [4.69, 9.17) is 0 Å². The van der Waals surface area contributed by atoms with E-state index >= 15 is 0 Å². The van der Waals surface area contributed by atoms with Crippen LogP contribution < -0.4 is 0 Å². The number of carbonyl (C=O) groups excluding carboxylic acids is 1. The Balaban J connectivity index is 1.89. The maximum Gasteiger partial charge on any atom is 0.150 e. The highest BCUT2D eigenvalue weighted by Gasteiger charge is 2.58. The standard InChI is InChI=1S/C10H16O3S/c1-8(11)2-3-9-6-10(9)4-5-14(12,13)7-10/h9H,2-7H2,1H3. The summed E-state index contributed by atoms with van der Waals surface area (Å²) in [4.78, 5) is 10.8. The second-order valence-electron chi connectivity index (χ2n) is 4.85. The van der Waals surface area contributed by atoms with Gasteiger partial charge in [0, 0.05) is 6.42 Å². The van der Waals surface area contributed by atoms with Crippen LogP contribution in [0.1, 0.15) is 32.6 Å². The Morgan fingerprint density at radius 1 is 1.50 bits per heavy atom. The highest BCUT2D eigenvalue weighted by Crippen LogP contribution is 2.61. The van der Waals surface area contributed by atoms with Gasteiger partial charge in [-0.1, -0.05) is 0 Å². The molecule has 2 rings (SSSR count). The van der Waals surface area contributed by atoms with Crippen molar-refractivity contribution in [2.45, 2.75) is 32.6 Å². The number of hydrogen-bond donors (Lipinski definition) is 0. The first-order valence-electron chi connectivity index (χ1n) is 5.13. The first-order chi connectivity index (χ1) is 6.44. The van der Waals surface area contributed by atoms with Crippen molar-refractivity contribution in [2.75, 3.05) is 11.5 Å². The first kappa shape index (κ1) is 10.1. The SMILES string of the molecule is CC(=O)CCC1CC12CCS(=O)(=O)C2. The molecule has 0 aromatic heterocycles. The van der Waals surface area contributed by atoms with Gasteiger partial charge < -0.3 is 4.79 Å². The summed E-state index contributed by atoms with van der Waals surface area (Å²) in [5.74, 6) is 1.46. The molecule has 1 saturated heterocycles. The number of sulfone groups is 1. The minimum absolute atomic E-state index is 0.0916. The van der Waals surface area contributed by atoms with E-state index in [0.29, 0.717) is 23.8 Å². The molecule has 2 atom stereocenters. The van der Waals surface area contributed by atoms with Crippen LogP contribution in [0.5, 0.6) is 0 Å². The van der Waals surface area contributed by atoms with E-state index in [9.17, 15) is 13.2 Å². The number of ketones is 1. The van der Waals surface area contributed by atoms with Gasteiger partial charge in [-0.25, -0.2) is 8.42 Å². The van der Waals surface area contributed by atoms with Gasteiger partial charge in [-0.3, -0.25) is 0 Å². The third-order valence-electron chi connectivity index (χ3n) is 3.62. The molecule has 0 amide bonds. The normalized spacial score (nSPS) is 38.8. The molecule has 14 heavy (non-hydrogen) atoms. The van der Waals surface area contributed by atoms with Crippen molar-refractivity contribution < 1.29 is 13.2 Å². The lowest BCUT2D eigenvalue weighted by atomic mass is 10.0. The predicted octanol–water partition coefficient (Wildman–Crippen LogP) is 1.18. The Labute approximate surface area is 84.8 Å². The van der Waals surface area contributed by atoms with Crippen molar-refractivity contribution in [1.82, 2.24) is 0 Å². The van der Waals surface area contributed by atoms with Crippen LogP contribution >= 0.6 is 0 Å². The topological polar surface area (TPSA) is 51.2 Å². The number of Topliss-reactive ketones (excluding diaryl/α,β-unsaturated/α-hetero) is 1. The van der Waals surface area contributed by atoms with E-state index in [2.05, 4.69) is 0 Å². The quantitative estimate of drug-likeness (QED) is 0.712. The van der Waals surface area contributed by atoms with Gasteiger partial charge in [0.2, 0.25) is 0 Å². The smallest absolute Gasteiger partial charge is 0.150 e. The number of rotatable bonds is 3. The third-order valence-corrected chi connectivity index (χ3v) is 5.46. The molecule has 1 aliphatic carbocycles. The average molecular weight is 216 g/mol. The van der Waals surface area contributed by atoms with Crippen molar-refractivity contribution in [3.05, 3.63) is 0 Å². The summed E-state index contributed by atoms with van der Waals surface area (Å²) in [6, 6.07) is 0. The molecular formula is C10H16O3S. The van der Waals surface area contributed by atoms with E-state index < -0.39 is 9.84 Å². The van der Waals surface area contributed by atoms with Crippen LogP contribution in [-0.4, -0.2) is 25.7 Å². The molecule has 0 aromatic carbocycles. The zero-order valence-corrected chi connectivity index (χ0v) is 9.27. The van der Waals surface area contributed by atoms with E-state index in [1.165, 1.54) is 0 Å². The monoisotopic (exact) mass is 216 g/mol. The van der Waals surface area contributed by atoms with E-state index in [-0.39, 0.29) is 11.2 Å². The van der Waals surface area contributed by atoms with Crippen molar-refractivity contribution in [2.24, 2.45) is 11.3 Å². The van der Waals surface area contributed by atoms with Crippen LogP contribution in [0.2, 0.25) is 0 Å². The maximum absolute atomic E-state index is 11.3. The van der Waals surface area contributed by atoms with Crippen molar-refractivity contribution in [3.63, 3.8) is 0 Å². The maximum atomic E-state index is 11.3. The molecule has 0 radical (unpaired) electrons. The second-order valence-corrected chi connectivity index (χ2v) is 7.03. The lowest BCUT2D eigenvalue weighted by Gasteiger charge is -2.04. The van der Waals surface area contributed by atoms with Crippen LogP contribution in [0.15, 0.2) is 0 Å². The molecule has 80 valence electrons. The molecule has 1 saturated carbocycles. The molecule has 4 heteroatoms. The van der Waals surface area contributed by atoms with Crippen molar-refractivity contribution >= 4 is 15.6 Å². The fourth-order valence-electron chi connectivity index (χ4n) is 2.64. The molecule has 1 spiro atoms. The summed E-state index contributed by atoms with van der Waals surface area (Å²) in [5.41, 5.74) is 0.0916. The summed E-state index contributed by atoms with van der Waals surface area (Å²) in [6.45, 7) is 1.60. The van der Waals surface area contributed by atoms with Crippen molar-refractivity contribution in [3.8, 4) is 0 Å². The minimum Gasteiger partial charge on any atom is -0.300 e. The van der Waals surface area contributed by atoms with Gasteiger partial charge in [0.25, 0.3) is 0 Å². The summed E-state index contributed by atoms with van der Waals surface area (Å²) < 4.78 is 22.6. The molecule has 2 aliphatic rings. The molecule has 0 bridgehead atoms. The molecule has 1 aliphatic heterocycles. The summed E-state index contributed by atoms with van der Waals surface area (Å²) in [6.07, 6.45) is 3.37. The van der Waals surface area contributed by atoms with Gasteiger partial charge in [0.05, 0.1) is 11.5 Å². The summed E-state index contributed by atoms with van der Waals surface area (Å²) in [5, 5.41) is 0. The number of carbonyl (C=O) groups is 1. The van der Waals surface area contributed by atoms with Crippen LogP contribution in [-0.2, 0) is 14.6 Å². The highest BCUT2D eigenvalue weighted by atomic mass is 32.2. The Morgan fingerprint density at radius 3 is 2.71 bits per heavy atom. The molecule has 0 aromatic rings. The van der Waals surface area contributed by atoms with Gasteiger partial charge in [0.15, 0.2) is 9.84 Å². The van der Waals surface area contributed by atoms with Crippen LogP contribution in [0, 0.1) is 11.3 Å².